The van der Waals surface area contributed by atoms with Crippen LogP contribution in [0.4, 0.5) is 4.39 Å². The number of hydrogen-bond donors (Lipinski definition) is 2. The summed E-state index contributed by atoms with van der Waals surface area (Å²) >= 11 is 0. The molecule has 2 amide bonds. The minimum atomic E-state index is -0.887. The van der Waals surface area contributed by atoms with E-state index in [2.05, 4.69) is 25.9 Å². The summed E-state index contributed by atoms with van der Waals surface area (Å²) < 4.78 is 19.8. The summed E-state index contributed by atoms with van der Waals surface area (Å²) in [6, 6.07) is 5.28. The molecule has 0 aliphatic heterocycles. The van der Waals surface area contributed by atoms with Gasteiger partial charge in [0.2, 0.25) is 5.91 Å². The molecule has 0 spiro atoms. The lowest BCUT2D eigenvalue weighted by atomic mass is 10.1. The van der Waals surface area contributed by atoms with Gasteiger partial charge >= 0.3 is 0 Å². The van der Waals surface area contributed by atoms with Crippen molar-refractivity contribution in [2.75, 3.05) is 0 Å². The number of aromatic nitrogens is 4. The van der Waals surface area contributed by atoms with Gasteiger partial charge in [-0.05, 0) is 45.0 Å². The number of fused-ring (bicyclic) bond motifs is 1. The van der Waals surface area contributed by atoms with E-state index in [9.17, 15) is 14.0 Å². The van der Waals surface area contributed by atoms with Gasteiger partial charge in [-0.3, -0.25) is 20.4 Å². The van der Waals surface area contributed by atoms with Crippen molar-refractivity contribution >= 4 is 17.6 Å². The van der Waals surface area contributed by atoms with Gasteiger partial charge in [-0.1, -0.05) is 0 Å². The van der Waals surface area contributed by atoms with Crippen LogP contribution < -0.4 is 15.6 Å². The van der Waals surface area contributed by atoms with E-state index >= 15 is 0 Å². The fourth-order valence-electron chi connectivity index (χ4n) is 2.62. The fraction of sp³-hybridized carbons (Fsp3) is 0.278. The Kier molecular flexibility index (Phi) is 5.48. The van der Waals surface area contributed by atoms with Crippen LogP contribution in [-0.4, -0.2) is 37.5 Å². The summed E-state index contributed by atoms with van der Waals surface area (Å²) in [7, 11) is 0. The molecular weight excluding hydrogens is 367 g/mol. The van der Waals surface area contributed by atoms with Crippen LogP contribution in [0.3, 0.4) is 0 Å². The number of benzene rings is 1. The monoisotopic (exact) mass is 386 g/mol. The molecule has 3 rings (SSSR count). The molecule has 0 radical (unpaired) electrons. The number of carbonyl (C=O) groups excluding carboxylic acids is 2. The lowest BCUT2D eigenvalue weighted by molar-refractivity contribution is -0.132. The summed E-state index contributed by atoms with van der Waals surface area (Å²) in [6.45, 7) is 5.11. The number of halogens is 1. The zero-order valence-corrected chi connectivity index (χ0v) is 15.6. The van der Waals surface area contributed by atoms with Gasteiger partial charge in [0.15, 0.2) is 6.10 Å². The second-order valence-electron chi connectivity index (χ2n) is 6.16. The number of ether oxygens (including phenoxy) is 1. The summed E-state index contributed by atoms with van der Waals surface area (Å²) in [4.78, 5) is 32.6. The van der Waals surface area contributed by atoms with Gasteiger partial charge in [0.25, 0.3) is 11.7 Å². The molecule has 2 aromatic heterocycles. The van der Waals surface area contributed by atoms with Crippen molar-refractivity contribution in [1.29, 1.82) is 0 Å². The number of nitrogens with one attached hydrogen (secondary N) is 2. The van der Waals surface area contributed by atoms with E-state index in [4.69, 9.17) is 4.74 Å². The molecule has 0 unspecified atom stereocenters. The molecule has 0 aliphatic carbocycles. The number of aryl methyl sites for hydroxylation is 2. The van der Waals surface area contributed by atoms with Crippen molar-refractivity contribution in [3.05, 3.63) is 53.4 Å². The van der Waals surface area contributed by atoms with Crippen molar-refractivity contribution in [1.82, 2.24) is 30.4 Å². The van der Waals surface area contributed by atoms with Crippen LogP contribution in [-0.2, 0) is 16.0 Å². The molecule has 10 heteroatoms. The zero-order valence-electron chi connectivity index (χ0n) is 15.6. The van der Waals surface area contributed by atoms with Gasteiger partial charge in [0, 0.05) is 17.0 Å². The third-order valence-corrected chi connectivity index (χ3v) is 4.15. The highest BCUT2D eigenvalue weighted by molar-refractivity contribution is 5.85. The van der Waals surface area contributed by atoms with E-state index in [0.717, 1.165) is 5.69 Å². The lowest BCUT2D eigenvalue weighted by Gasteiger charge is -2.15. The summed E-state index contributed by atoms with van der Waals surface area (Å²) in [5, 5.41) is 4.07. The van der Waals surface area contributed by atoms with E-state index in [-0.39, 0.29) is 6.42 Å². The molecule has 28 heavy (non-hydrogen) atoms. The van der Waals surface area contributed by atoms with Gasteiger partial charge in [-0.15, -0.1) is 0 Å². The molecule has 2 N–H and O–H groups in total. The highest BCUT2D eigenvalue weighted by Crippen LogP contribution is 2.14. The number of carbonyl (C=O) groups is 2. The largest absolute Gasteiger partial charge is 0.481 e. The van der Waals surface area contributed by atoms with Crippen LogP contribution in [0.25, 0.3) is 5.78 Å². The number of hydrogen-bond acceptors (Lipinski definition) is 6. The molecule has 2 heterocycles. The van der Waals surface area contributed by atoms with E-state index in [1.165, 1.54) is 37.5 Å². The number of nitrogens with zero attached hydrogens (tertiary/aromatic N) is 4. The van der Waals surface area contributed by atoms with Gasteiger partial charge in [0.1, 0.15) is 17.9 Å². The van der Waals surface area contributed by atoms with Crippen molar-refractivity contribution in [3.8, 4) is 5.75 Å². The Bertz CT molecular complexity index is 1020. The highest BCUT2D eigenvalue weighted by atomic mass is 19.1. The molecule has 0 aliphatic rings. The van der Waals surface area contributed by atoms with E-state index in [0.29, 0.717) is 22.8 Å². The Balaban J connectivity index is 1.56. The fourth-order valence-corrected chi connectivity index (χ4v) is 2.62. The van der Waals surface area contributed by atoms with E-state index < -0.39 is 23.7 Å². The Labute approximate surface area is 159 Å². The van der Waals surface area contributed by atoms with E-state index in [1.54, 1.807) is 11.4 Å². The Morgan fingerprint density at radius 3 is 2.64 bits per heavy atom. The average molecular weight is 386 g/mol. The molecule has 0 bridgehead atoms. The predicted octanol–water partition coefficient (Wildman–Crippen LogP) is 1.04. The minimum Gasteiger partial charge on any atom is -0.481 e. The first-order chi connectivity index (χ1) is 13.3. The Hall–Kier alpha value is -3.56. The highest BCUT2D eigenvalue weighted by Gasteiger charge is 2.18. The lowest BCUT2D eigenvalue weighted by Crippen LogP contribution is -2.47. The first kappa shape index (κ1) is 19.2. The summed E-state index contributed by atoms with van der Waals surface area (Å²) in [5.74, 6) is -0.570. The van der Waals surface area contributed by atoms with Crippen LogP contribution in [0.2, 0.25) is 0 Å². The maximum absolute atomic E-state index is 12.9. The number of hydrazine groups is 1. The van der Waals surface area contributed by atoms with Crippen LogP contribution in [0, 0.1) is 19.7 Å². The molecule has 146 valence electrons. The van der Waals surface area contributed by atoms with Gasteiger partial charge < -0.3 is 4.74 Å². The van der Waals surface area contributed by atoms with Gasteiger partial charge in [-0.2, -0.15) is 10.1 Å². The summed E-state index contributed by atoms with van der Waals surface area (Å²) in [6.07, 6.45) is 0.511. The van der Waals surface area contributed by atoms with Gasteiger partial charge in [-0.25, -0.2) is 13.9 Å². The van der Waals surface area contributed by atoms with E-state index in [1.807, 2.05) is 6.92 Å². The third-order valence-electron chi connectivity index (χ3n) is 4.15. The first-order valence-corrected chi connectivity index (χ1v) is 8.52. The molecule has 1 atom stereocenters. The maximum atomic E-state index is 12.9. The second-order valence-corrected chi connectivity index (χ2v) is 6.16. The standard InChI is InChI=1S/C18H19FN6O3/c1-10-15(11(2)25-18(22-10)20-9-21-25)8-16(26)23-24-17(27)12(3)28-14-6-4-13(19)5-7-14/h4-7,9,12H,8H2,1-3H3,(H,23,26)(H,24,27)/t12-/m1/s1. The van der Waals surface area contributed by atoms with Crippen LogP contribution in [0.15, 0.2) is 30.6 Å². The molecular formula is C18H19FN6O3. The van der Waals surface area contributed by atoms with Crippen LogP contribution >= 0.6 is 0 Å². The number of rotatable bonds is 5. The zero-order chi connectivity index (χ0) is 20.3. The molecule has 1 aromatic carbocycles. The predicted molar refractivity (Wildman–Crippen MR) is 96.7 cm³/mol. The smallest absolute Gasteiger partial charge is 0.279 e. The molecule has 0 saturated heterocycles. The Morgan fingerprint density at radius 1 is 1.21 bits per heavy atom. The van der Waals surface area contributed by atoms with Crippen LogP contribution in [0.5, 0.6) is 5.75 Å². The van der Waals surface area contributed by atoms with Crippen molar-refractivity contribution in [2.45, 2.75) is 33.3 Å². The quantitative estimate of drug-likeness (QED) is 0.634. The van der Waals surface area contributed by atoms with Crippen LogP contribution in [0.1, 0.15) is 23.9 Å². The van der Waals surface area contributed by atoms with Crippen molar-refractivity contribution in [2.24, 2.45) is 0 Å². The average Bonchev–Trinajstić information content (AvgIpc) is 3.13. The SMILES string of the molecule is Cc1nc2ncnn2c(C)c1CC(=O)NNC(=O)[C@@H](C)Oc1ccc(F)cc1. The molecule has 3 aromatic rings. The van der Waals surface area contributed by atoms with Gasteiger partial charge in [0.05, 0.1) is 6.42 Å². The third kappa shape index (κ3) is 4.22. The Morgan fingerprint density at radius 2 is 1.93 bits per heavy atom. The topological polar surface area (TPSA) is 111 Å². The number of amides is 2. The summed E-state index contributed by atoms with van der Waals surface area (Å²) in [5.41, 5.74) is 6.76. The second kappa shape index (κ2) is 7.99. The van der Waals surface area contributed by atoms with Crippen molar-refractivity contribution < 1.29 is 18.7 Å². The normalized spacial score (nSPS) is 11.9. The minimum absolute atomic E-state index is 0.00788. The first-order valence-electron chi connectivity index (χ1n) is 8.52. The molecule has 9 nitrogen and oxygen atoms in total. The molecule has 0 fully saturated rings. The van der Waals surface area contributed by atoms with Crippen molar-refractivity contribution in [3.63, 3.8) is 0 Å². The maximum Gasteiger partial charge on any atom is 0.279 e. The molecule has 0 saturated carbocycles.